The minimum absolute atomic E-state index is 0.694. The maximum Gasteiger partial charge on any atom is 0.191 e. The zero-order valence-electron chi connectivity index (χ0n) is 15.2. The molecule has 2 aromatic rings. The first kappa shape index (κ1) is 18.4. The average Bonchev–Trinajstić information content (AvgIpc) is 2.85. The van der Waals surface area contributed by atoms with Gasteiger partial charge in [-0.15, -0.1) is 11.3 Å². The zero-order valence-corrected chi connectivity index (χ0v) is 16.0. The van der Waals surface area contributed by atoms with Gasteiger partial charge in [0.05, 0.1) is 12.2 Å². The summed E-state index contributed by atoms with van der Waals surface area (Å²) in [6, 6.07) is 8.62. The van der Waals surface area contributed by atoms with Crippen LogP contribution in [0, 0.1) is 13.8 Å². The van der Waals surface area contributed by atoms with E-state index >= 15 is 0 Å². The van der Waals surface area contributed by atoms with Gasteiger partial charge in [0.25, 0.3) is 0 Å². The molecule has 0 radical (unpaired) electrons. The predicted octanol–water partition coefficient (Wildman–Crippen LogP) is 2.69. The summed E-state index contributed by atoms with van der Waals surface area (Å²) in [6.45, 7) is 6.54. The topological polar surface area (TPSA) is 52.6 Å². The number of thiazole rings is 1. The summed E-state index contributed by atoms with van der Waals surface area (Å²) < 4.78 is 0. The summed E-state index contributed by atoms with van der Waals surface area (Å²) in [5.41, 5.74) is 3.67. The number of aryl methyl sites for hydroxylation is 2. The Bertz CT molecular complexity index is 671. The van der Waals surface area contributed by atoms with Gasteiger partial charge in [-0.2, -0.15) is 0 Å². The maximum absolute atomic E-state index is 4.54. The van der Waals surface area contributed by atoms with Crippen molar-refractivity contribution in [1.29, 1.82) is 0 Å². The Morgan fingerprint density at radius 2 is 1.88 bits per heavy atom. The lowest BCUT2D eigenvalue weighted by Crippen LogP contribution is -2.36. The fourth-order valence-electron chi connectivity index (χ4n) is 2.38. The molecule has 0 bridgehead atoms. The largest absolute Gasteiger partial charge is 0.352 e. The van der Waals surface area contributed by atoms with Gasteiger partial charge in [0.2, 0.25) is 0 Å². The van der Waals surface area contributed by atoms with Crippen LogP contribution in [-0.2, 0) is 19.6 Å². The van der Waals surface area contributed by atoms with Crippen molar-refractivity contribution < 1.29 is 0 Å². The molecule has 0 unspecified atom stereocenters. The van der Waals surface area contributed by atoms with E-state index in [1.54, 1.807) is 18.4 Å². The molecule has 0 saturated carbocycles. The van der Waals surface area contributed by atoms with Crippen molar-refractivity contribution in [1.82, 2.24) is 20.5 Å². The molecule has 0 aliphatic carbocycles. The fourth-order valence-corrected chi connectivity index (χ4v) is 3.26. The molecule has 1 aromatic heterocycles. The molecule has 5 nitrogen and oxygen atoms in total. The monoisotopic (exact) mass is 345 g/mol. The van der Waals surface area contributed by atoms with Crippen LogP contribution in [-0.4, -0.2) is 37.0 Å². The molecule has 0 aliphatic heterocycles. The number of rotatable bonds is 6. The van der Waals surface area contributed by atoms with Crippen LogP contribution < -0.4 is 10.6 Å². The number of hydrogen-bond acceptors (Lipinski definition) is 4. The summed E-state index contributed by atoms with van der Waals surface area (Å²) in [5, 5.41) is 7.77. The van der Waals surface area contributed by atoms with Crippen LogP contribution in [0.5, 0.6) is 0 Å². The summed E-state index contributed by atoms with van der Waals surface area (Å²) in [5.74, 6) is 0.790. The quantitative estimate of drug-likeness (QED) is 0.624. The average molecular weight is 346 g/mol. The Morgan fingerprint density at radius 3 is 2.50 bits per heavy atom. The van der Waals surface area contributed by atoms with E-state index in [1.807, 2.05) is 6.92 Å². The van der Waals surface area contributed by atoms with Gasteiger partial charge in [-0.3, -0.25) is 4.99 Å². The number of aliphatic imine (C=N–C) groups is 1. The molecule has 2 rings (SSSR count). The van der Waals surface area contributed by atoms with Crippen LogP contribution in [0.25, 0.3) is 0 Å². The van der Waals surface area contributed by atoms with Crippen LogP contribution in [0.3, 0.4) is 0 Å². The fraction of sp³-hybridized carbons (Fsp3) is 0.444. The van der Waals surface area contributed by atoms with E-state index in [9.17, 15) is 0 Å². The van der Waals surface area contributed by atoms with Crippen molar-refractivity contribution in [2.45, 2.75) is 33.5 Å². The Morgan fingerprint density at radius 1 is 1.17 bits per heavy atom. The summed E-state index contributed by atoms with van der Waals surface area (Å²) >= 11 is 1.73. The van der Waals surface area contributed by atoms with Crippen molar-refractivity contribution >= 4 is 17.3 Å². The van der Waals surface area contributed by atoms with E-state index < -0.39 is 0 Å². The zero-order chi connectivity index (χ0) is 17.5. The first-order valence-corrected chi connectivity index (χ1v) is 8.89. The molecule has 6 heteroatoms. The molecule has 1 aromatic carbocycles. The number of benzene rings is 1. The molecule has 0 aliphatic rings. The van der Waals surface area contributed by atoms with Crippen molar-refractivity contribution in [2.24, 2.45) is 4.99 Å². The van der Waals surface area contributed by atoms with Crippen molar-refractivity contribution in [2.75, 3.05) is 21.1 Å². The molecule has 0 saturated heterocycles. The smallest absolute Gasteiger partial charge is 0.191 e. The van der Waals surface area contributed by atoms with E-state index in [0.717, 1.165) is 29.8 Å². The summed E-state index contributed by atoms with van der Waals surface area (Å²) in [6.07, 6.45) is 0. The number of nitrogens with one attached hydrogen (secondary N) is 2. The molecular formula is C18H27N5S. The van der Waals surface area contributed by atoms with E-state index in [2.05, 4.69) is 70.8 Å². The third kappa shape index (κ3) is 5.62. The van der Waals surface area contributed by atoms with Gasteiger partial charge in [-0.1, -0.05) is 24.3 Å². The first-order valence-electron chi connectivity index (χ1n) is 8.08. The molecular weight excluding hydrogens is 318 g/mol. The highest BCUT2D eigenvalue weighted by Crippen LogP contribution is 2.15. The van der Waals surface area contributed by atoms with E-state index in [4.69, 9.17) is 0 Å². The summed E-state index contributed by atoms with van der Waals surface area (Å²) in [7, 11) is 5.95. The van der Waals surface area contributed by atoms with Gasteiger partial charge >= 0.3 is 0 Å². The molecule has 130 valence electrons. The lowest BCUT2D eigenvalue weighted by Gasteiger charge is -2.13. The second-order valence-electron chi connectivity index (χ2n) is 6.09. The number of hydrogen-bond donors (Lipinski definition) is 2. The third-order valence-electron chi connectivity index (χ3n) is 3.65. The molecule has 0 amide bonds. The Hall–Kier alpha value is -1.92. The molecule has 0 spiro atoms. The Balaban J connectivity index is 1.87. The van der Waals surface area contributed by atoms with E-state index in [1.165, 1.54) is 16.0 Å². The van der Waals surface area contributed by atoms with Crippen LogP contribution >= 0.6 is 11.3 Å². The molecule has 0 fully saturated rings. The maximum atomic E-state index is 4.54. The Labute approximate surface area is 148 Å². The van der Waals surface area contributed by atoms with E-state index in [-0.39, 0.29) is 0 Å². The molecule has 0 atom stereocenters. The minimum atomic E-state index is 0.694. The van der Waals surface area contributed by atoms with Crippen LogP contribution in [0.15, 0.2) is 29.3 Å². The number of nitrogens with zero attached hydrogens (tertiary/aromatic N) is 3. The van der Waals surface area contributed by atoms with Gasteiger partial charge in [0.1, 0.15) is 5.01 Å². The third-order valence-corrected chi connectivity index (χ3v) is 4.73. The van der Waals surface area contributed by atoms with Gasteiger partial charge < -0.3 is 15.5 Å². The normalized spacial score (nSPS) is 11.8. The van der Waals surface area contributed by atoms with Crippen LogP contribution in [0.2, 0.25) is 0 Å². The SMILES string of the molecule is CN=C(NCc1cccc(CN(C)C)c1)NCc1nc(C)c(C)s1. The highest BCUT2D eigenvalue weighted by molar-refractivity contribution is 7.11. The van der Waals surface area contributed by atoms with Crippen molar-refractivity contribution in [3.63, 3.8) is 0 Å². The van der Waals surface area contributed by atoms with Crippen LogP contribution in [0.4, 0.5) is 0 Å². The van der Waals surface area contributed by atoms with Gasteiger partial charge in [-0.25, -0.2) is 4.98 Å². The second-order valence-corrected chi connectivity index (χ2v) is 7.37. The number of aromatic nitrogens is 1. The highest BCUT2D eigenvalue weighted by atomic mass is 32.1. The summed E-state index contributed by atoms with van der Waals surface area (Å²) in [4.78, 5) is 12.3. The molecule has 24 heavy (non-hydrogen) atoms. The molecule has 2 N–H and O–H groups in total. The van der Waals surface area contributed by atoms with Crippen molar-refractivity contribution in [3.05, 3.63) is 51.0 Å². The van der Waals surface area contributed by atoms with Gasteiger partial charge in [-0.05, 0) is 39.1 Å². The number of guanidine groups is 1. The predicted molar refractivity (Wildman–Crippen MR) is 102 cm³/mol. The van der Waals surface area contributed by atoms with Crippen LogP contribution in [0.1, 0.15) is 26.7 Å². The first-order chi connectivity index (χ1) is 11.5. The second kappa shape index (κ2) is 8.80. The standard InChI is InChI=1S/C18H27N5S/c1-13-14(2)24-17(22-13)11-21-18(19-3)20-10-15-7-6-8-16(9-15)12-23(4)5/h6-9H,10-12H2,1-5H3,(H2,19,20,21). The Kier molecular flexibility index (Phi) is 6.75. The van der Waals surface area contributed by atoms with E-state index in [0.29, 0.717) is 6.54 Å². The lowest BCUT2D eigenvalue weighted by molar-refractivity contribution is 0.402. The minimum Gasteiger partial charge on any atom is -0.352 e. The van der Waals surface area contributed by atoms with Crippen molar-refractivity contribution in [3.8, 4) is 0 Å². The molecule has 1 heterocycles. The highest BCUT2D eigenvalue weighted by Gasteiger charge is 2.05. The van der Waals surface area contributed by atoms with Gasteiger partial charge in [0, 0.05) is 25.0 Å². The lowest BCUT2D eigenvalue weighted by atomic mass is 10.1. The van der Waals surface area contributed by atoms with Gasteiger partial charge in [0.15, 0.2) is 5.96 Å².